The number of carbonyl (C=O) groups excluding carboxylic acids is 5. The summed E-state index contributed by atoms with van der Waals surface area (Å²) in [6, 6.07) is 31.6. The molecule has 4 aromatic carbocycles. The molecule has 27 heteroatoms. The van der Waals surface area contributed by atoms with Gasteiger partial charge in [-0.2, -0.15) is 0 Å². The number of ether oxygens (including phenoxy) is 12. The monoisotopic (exact) mass is 1310 g/mol. The Balaban J connectivity index is 1.07. The fraction of sp³-hybridized carbons (Fsp3) is 0.485. The highest BCUT2D eigenvalue weighted by molar-refractivity contribution is 7.51. The lowest BCUT2D eigenvalue weighted by molar-refractivity contribution is -0.309. The molecule has 502 valence electrons. The number of fused-ring (bicyclic) bond motifs is 1. The van der Waals surface area contributed by atoms with Gasteiger partial charge in [-0.15, -0.1) is 0 Å². The summed E-state index contributed by atoms with van der Waals surface area (Å²) < 4.78 is 104. The normalized spacial score (nSPS) is 20.5. The Kier molecular flexibility index (Phi) is 25.0. The van der Waals surface area contributed by atoms with Crippen molar-refractivity contribution in [1.82, 2.24) is 24.2 Å². The first-order valence-corrected chi connectivity index (χ1v) is 32.1. The van der Waals surface area contributed by atoms with E-state index < -0.39 is 111 Å². The van der Waals surface area contributed by atoms with E-state index in [2.05, 4.69) is 34.1 Å². The zero-order valence-electron chi connectivity index (χ0n) is 54.3. The van der Waals surface area contributed by atoms with Crippen LogP contribution in [0.1, 0.15) is 110 Å². The van der Waals surface area contributed by atoms with Crippen LogP contribution in [-0.2, 0) is 85.8 Å². The van der Waals surface area contributed by atoms with E-state index in [1.165, 1.54) is 19.6 Å². The average molecular weight is 1310 g/mol. The van der Waals surface area contributed by atoms with Gasteiger partial charge in [0.2, 0.25) is 0 Å². The van der Waals surface area contributed by atoms with Gasteiger partial charge in [-0.1, -0.05) is 80.6 Å². The number of imidazole rings is 1. The number of hydrogen-bond donors (Lipinski definition) is 1. The van der Waals surface area contributed by atoms with Crippen LogP contribution in [0.25, 0.3) is 11.2 Å². The highest BCUT2D eigenvalue weighted by Crippen LogP contribution is 2.57. The Labute approximate surface area is 540 Å². The zero-order valence-corrected chi connectivity index (χ0v) is 55.2. The van der Waals surface area contributed by atoms with Crippen LogP contribution in [-0.4, -0.2) is 169 Å². The van der Waals surface area contributed by atoms with E-state index >= 15 is 4.57 Å². The standard InChI is InChI=1S/C66H83N6O20P/c1-40(2)47-18-24-53(25-19-47)84-37-57(77)70-63-59-64(68-38-67-63)71(39-69-59)58-34-54(55(90-58)36-85-66(48-16-14-13-15-17-48,49-20-26-51(79-11)27-21-49)50-22-28-52(80-12)29-23-50)92-93(78,72(41(3)4)42(5)6)86-33-31-81-30-32-82-65-62(89-46(10)76)61(88-45(9)75)60(87-44(8)74)56(91-65)35-83-43(7)73/h13-29,38-42,54-56,58,60-62,65H,30-37H2,1-12H3,(H,67,68,70,77)/t54-,55+,56+,58+,60+,61-,62+,65+,93?/m0/s1. The Morgan fingerprint density at radius 2 is 1.24 bits per heavy atom. The molecule has 0 spiro atoms. The molecule has 0 bridgehead atoms. The molecular weight excluding hydrogens is 1230 g/mol. The van der Waals surface area contributed by atoms with Crippen molar-refractivity contribution in [1.29, 1.82) is 0 Å². The fourth-order valence-corrected chi connectivity index (χ4v) is 13.5. The predicted octanol–water partition coefficient (Wildman–Crippen LogP) is 9.03. The molecule has 2 aromatic heterocycles. The third kappa shape index (κ3) is 18.1. The van der Waals surface area contributed by atoms with Crippen molar-refractivity contribution in [3.8, 4) is 17.2 Å². The Bertz CT molecular complexity index is 3430. The molecule has 1 unspecified atom stereocenters. The number of amides is 1. The molecule has 1 amide bonds. The average Bonchev–Trinajstić information content (AvgIpc) is 1.08. The maximum atomic E-state index is 16.0. The molecule has 2 saturated heterocycles. The van der Waals surface area contributed by atoms with E-state index in [1.54, 1.807) is 23.5 Å². The highest BCUT2D eigenvalue weighted by Gasteiger charge is 2.53. The minimum absolute atomic E-state index is 0.0580. The Hall–Kier alpha value is -7.91. The van der Waals surface area contributed by atoms with Gasteiger partial charge in [-0.3, -0.25) is 37.6 Å². The number of anilines is 1. The second kappa shape index (κ2) is 32.8. The first kappa shape index (κ1) is 70.9. The molecule has 6 aromatic rings. The molecule has 1 N–H and O–H groups in total. The molecule has 2 aliphatic rings. The summed E-state index contributed by atoms with van der Waals surface area (Å²) >= 11 is 0. The summed E-state index contributed by atoms with van der Waals surface area (Å²) in [5.41, 5.74) is 2.66. The van der Waals surface area contributed by atoms with Gasteiger partial charge in [-0.05, 0) is 92.3 Å². The van der Waals surface area contributed by atoms with Crippen LogP contribution in [0.3, 0.4) is 0 Å². The Morgan fingerprint density at radius 1 is 0.656 bits per heavy atom. The van der Waals surface area contributed by atoms with Crippen LogP contribution in [0.4, 0.5) is 5.82 Å². The van der Waals surface area contributed by atoms with Crippen LogP contribution in [0.15, 0.2) is 116 Å². The van der Waals surface area contributed by atoms with Gasteiger partial charge in [0, 0.05) is 46.2 Å². The number of methoxy groups -OCH3 is 2. The molecule has 9 atom stereocenters. The van der Waals surface area contributed by atoms with E-state index in [4.69, 9.17) is 65.9 Å². The number of nitrogens with one attached hydrogen (secondary N) is 1. The summed E-state index contributed by atoms with van der Waals surface area (Å²) in [6.45, 7) is 14.6. The van der Waals surface area contributed by atoms with Crippen molar-refractivity contribution in [2.75, 3.05) is 65.8 Å². The third-order valence-electron chi connectivity index (χ3n) is 15.2. The van der Waals surface area contributed by atoms with Gasteiger partial charge in [-0.25, -0.2) is 24.2 Å². The summed E-state index contributed by atoms with van der Waals surface area (Å²) in [4.78, 5) is 76.0. The van der Waals surface area contributed by atoms with Crippen molar-refractivity contribution in [2.45, 2.75) is 148 Å². The van der Waals surface area contributed by atoms with Crippen LogP contribution < -0.4 is 19.5 Å². The van der Waals surface area contributed by atoms with E-state index in [1.807, 2.05) is 131 Å². The summed E-state index contributed by atoms with van der Waals surface area (Å²) in [7, 11) is -1.20. The van der Waals surface area contributed by atoms with E-state index in [0.29, 0.717) is 28.8 Å². The van der Waals surface area contributed by atoms with Crippen molar-refractivity contribution in [2.24, 2.45) is 0 Å². The highest BCUT2D eigenvalue weighted by atomic mass is 31.2. The van der Waals surface area contributed by atoms with Crippen molar-refractivity contribution < 1.29 is 94.4 Å². The van der Waals surface area contributed by atoms with Crippen LogP contribution in [0.2, 0.25) is 0 Å². The largest absolute Gasteiger partial charge is 0.497 e. The van der Waals surface area contributed by atoms with Gasteiger partial charge in [0.1, 0.15) is 60.3 Å². The number of aromatic nitrogens is 4. The van der Waals surface area contributed by atoms with Crippen molar-refractivity contribution in [3.05, 3.63) is 138 Å². The topological polar surface area (TPSA) is 291 Å². The first-order chi connectivity index (χ1) is 44.5. The molecule has 26 nitrogen and oxygen atoms in total. The van der Waals surface area contributed by atoms with Crippen LogP contribution >= 0.6 is 7.75 Å². The van der Waals surface area contributed by atoms with E-state index in [9.17, 15) is 24.0 Å². The molecule has 2 fully saturated rings. The summed E-state index contributed by atoms with van der Waals surface area (Å²) in [6.07, 6.45) is -6.93. The molecule has 93 heavy (non-hydrogen) atoms. The van der Waals surface area contributed by atoms with Crippen LogP contribution in [0.5, 0.6) is 17.2 Å². The SMILES string of the molecule is COc1ccc(C(OC[C@H]2O[C@@H](n3cnc4c(NC(=O)COc5ccc(C(C)C)cc5)ncnc43)C[C@@H]2OP(=O)(OCCOCCO[C@@H]2O[C@H](COC(C)=O)[C@@H](OC(C)=O)[C@H](OC(C)=O)[C@H]2OC(C)=O)N(C(C)C)C(C)C)(c2ccccc2)c2ccc(OC)cc2)cc1. The molecule has 0 aliphatic carbocycles. The van der Waals surface area contributed by atoms with E-state index in [0.717, 1.165) is 43.0 Å². The minimum atomic E-state index is -4.38. The Morgan fingerprint density at radius 3 is 1.82 bits per heavy atom. The van der Waals surface area contributed by atoms with Gasteiger partial charge in [0.05, 0.1) is 53.6 Å². The fourth-order valence-electron chi connectivity index (χ4n) is 11.2. The van der Waals surface area contributed by atoms with Crippen molar-refractivity contribution in [3.63, 3.8) is 0 Å². The lowest BCUT2D eigenvalue weighted by Gasteiger charge is -2.44. The third-order valence-corrected chi connectivity index (χ3v) is 17.7. The van der Waals surface area contributed by atoms with Gasteiger partial charge in [0.15, 0.2) is 48.2 Å². The smallest absolute Gasteiger partial charge is 0.409 e. The first-order valence-electron chi connectivity index (χ1n) is 30.6. The number of esters is 4. The van der Waals surface area contributed by atoms with Crippen LogP contribution in [0, 0.1) is 0 Å². The molecule has 4 heterocycles. The van der Waals surface area contributed by atoms with Gasteiger partial charge < -0.3 is 62.2 Å². The number of hydrogen-bond acceptors (Lipinski definition) is 23. The number of carbonyl (C=O) groups is 5. The molecule has 0 saturated carbocycles. The maximum absolute atomic E-state index is 16.0. The second-order valence-corrected chi connectivity index (χ2v) is 24.7. The molecular formula is C66H83N6O20P. The molecule has 2 aliphatic heterocycles. The summed E-state index contributed by atoms with van der Waals surface area (Å²) in [5.74, 6) is -1.27. The van der Waals surface area contributed by atoms with Crippen molar-refractivity contribution >= 4 is 54.5 Å². The number of benzene rings is 4. The summed E-state index contributed by atoms with van der Waals surface area (Å²) in [5, 5.41) is 2.82. The number of rotatable bonds is 32. The maximum Gasteiger partial charge on any atom is 0.409 e. The quantitative estimate of drug-likeness (QED) is 0.0135. The molecule has 8 rings (SSSR count). The predicted molar refractivity (Wildman–Crippen MR) is 336 cm³/mol. The number of nitrogens with zero attached hydrogens (tertiary/aromatic N) is 5. The van der Waals surface area contributed by atoms with Gasteiger partial charge in [0.25, 0.3) is 5.91 Å². The lowest BCUT2D eigenvalue weighted by Crippen LogP contribution is -2.63. The van der Waals surface area contributed by atoms with E-state index in [-0.39, 0.29) is 57.4 Å². The molecule has 0 radical (unpaired) electrons. The second-order valence-electron chi connectivity index (χ2n) is 22.9. The minimum Gasteiger partial charge on any atom is -0.497 e. The van der Waals surface area contributed by atoms with Gasteiger partial charge >= 0.3 is 31.6 Å². The zero-order chi connectivity index (χ0) is 67.0. The lowest BCUT2D eigenvalue weighted by atomic mass is 9.80.